The molecule has 0 bridgehead atoms. The Morgan fingerprint density at radius 2 is 2.05 bits per heavy atom. The Bertz CT molecular complexity index is 413. The predicted molar refractivity (Wildman–Crippen MR) is 89.9 cm³/mol. The summed E-state index contributed by atoms with van der Waals surface area (Å²) >= 11 is 0. The van der Waals surface area contributed by atoms with Crippen LogP contribution in [0.1, 0.15) is 25.8 Å². The summed E-state index contributed by atoms with van der Waals surface area (Å²) in [6.07, 6.45) is 0.765. The van der Waals surface area contributed by atoms with Crippen molar-refractivity contribution in [2.24, 2.45) is 0 Å². The van der Waals surface area contributed by atoms with Crippen molar-refractivity contribution in [1.82, 2.24) is 9.80 Å². The predicted octanol–water partition coefficient (Wildman–Crippen LogP) is 1.98. The van der Waals surface area contributed by atoms with Crippen LogP contribution in [-0.4, -0.2) is 66.4 Å². The maximum atomic E-state index is 10.1. The van der Waals surface area contributed by atoms with Crippen molar-refractivity contribution in [3.63, 3.8) is 0 Å². The summed E-state index contributed by atoms with van der Waals surface area (Å²) in [6.45, 7) is 10.3. The van der Waals surface area contributed by atoms with Gasteiger partial charge < -0.3 is 9.84 Å². The normalized spacial score (nSPS) is 22.4. The summed E-state index contributed by atoms with van der Waals surface area (Å²) in [7, 11) is 0. The molecular formula is C18H30N2O2. The fraction of sp³-hybridized carbons (Fsp3) is 0.667. The number of β-amino-alcohol motifs (C(OH)–C–C–N with tert-alkyl or cyclic N) is 1. The molecule has 0 saturated carbocycles. The molecule has 1 aliphatic rings. The Morgan fingerprint density at radius 1 is 1.27 bits per heavy atom. The molecule has 124 valence electrons. The van der Waals surface area contributed by atoms with E-state index in [1.54, 1.807) is 0 Å². The highest BCUT2D eigenvalue weighted by Crippen LogP contribution is 2.13. The zero-order chi connectivity index (χ0) is 15.8. The molecule has 4 nitrogen and oxygen atoms in total. The second-order valence-electron chi connectivity index (χ2n) is 6.23. The van der Waals surface area contributed by atoms with Gasteiger partial charge in [-0.25, -0.2) is 0 Å². The standard InChI is InChI=1S/C18H30N2O2/c1-3-22-15-18(21)14-20-11-7-10-19(12-16(20)2)13-17-8-5-4-6-9-17/h4-6,8-9,16,18,21H,3,7,10-15H2,1-2H3/t16-,18-/m1/s1. The molecule has 2 atom stereocenters. The Morgan fingerprint density at radius 3 is 2.77 bits per heavy atom. The van der Waals surface area contributed by atoms with E-state index in [2.05, 4.69) is 47.1 Å². The van der Waals surface area contributed by atoms with Crippen LogP contribution >= 0.6 is 0 Å². The molecule has 1 saturated heterocycles. The summed E-state index contributed by atoms with van der Waals surface area (Å²) in [6, 6.07) is 11.1. The van der Waals surface area contributed by atoms with Crippen molar-refractivity contribution in [3.8, 4) is 0 Å². The van der Waals surface area contributed by atoms with E-state index in [0.717, 1.165) is 32.6 Å². The summed E-state index contributed by atoms with van der Waals surface area (Å²) in [4.78, 5) is 4.92. The molecule has 0 aliphatic carbocycles. The molecule has 2 rings (SSSR count). The average molecular weight is 306 g/mol. The Kier molecular flexibility index (Phi) is 7.33. The number of benzene rings is 1. The highest BCUT2D eigenvalue weighted by molar-refractivity contribution is 5.14. The van der Waals surface area contributed by atoms with Gasteiger partial charge in [0.2, 0.25) is 0 Å². The molecule has 0 unspecified atom stereocenters. The minimum atomic E-state index is -0.386. The first-order valence-electron chi connectivity index (χ1n) is 8.45. The fourth-order valence-electron chi connectivity index (χ4n) is 3.13. The third-order valence-electron chi connectivity index (χ3n) is 4.27. The minimum absolute atomic E-state index is 0.386. The largest absolute Gasteiger partial charge is 0.389 e. The van der Waals surface area contributed by atoms with Crippen LogP contribution in [-0.2, 0) is 11.3 Å². The Balaban J connectivity index is 1.83. The lowest BCUT2D eigenvalue weighted by Gasteiger charge is -2.30. The van der Waals surface area contributed by atoms with Gasteiger partial charge in [0.05, 0.1) is 12.7 Å². The van der Waals surface area contributed by atoms with Gasteiger partial charge in [0.15, 0.2) is 0 Å². The highest BCUT2D eigenvalue weighted by Gasteiger charge is 2.23. The molecule has 1 heterocycles. The average Bonchev–Trinajstić information content (AvgIpc) is 2.68. The van der Waals surface area contributed by atoms with Crippen LogP contribution in [0.15, 0.2) is 30.3 Å². The monoisotopic (exact) mass is 306 g/mol. The number of rotatable bonds is 7. The van der Waals surface area contributed by atoms with Crippen LogP contribution in [0.5, 0.6) is 0 Å². The molecule has 0 aromatic heterocycles. The van der Waals surface area contributed by atoms with Gasteiger partial charge in [-0.15, -0.1) is 0 Å². The number of aliphatic hydroxyl groups is 1. The van der Waals surface area contributed by atoms with Crippen LogP contribution in [0.4, 0.5) is 0 Å². The first kappa shape index (κ1) is 17.4. The zero-order valence-corrected chi connectivity index (χ0v) is 13.9. The van der Waals surface area contributed by atoms with E-state index in [0.29, 0.717) is 25.8 Å². The van der Waals surface area contributed by atoms with E-state index in [1.165, 1.54) is 5.56 Å². The lowest BCUT2D eigenvalue weighted by Crippen LogP contribution is -2.43. The molecule has 1 fully saturated rings. The van der Waals surface area contributed by atoms with Gasteiger partial charge in [0.25, 0.3) is 0 Å². The first-order valence-corrected chi connectivity index (χ1v) is 8.45. The van der Waals surface area contributed by atoms with E-state index in [-0.39, 0.29) is 6.10 Å². The topological polar surface area (TPSA) is 35.9 Å². The molecular weight excluding hydrogens is 276 g/mol. The van der Waals surface area contributed by atoms with Crippen LogP contribution in [0.25, 0.3) is 0 Å². The molecule has 1 aliphatic heterocycles. The molecule has 0 spiro atoms. The van der Waals surface area contributed by atoms with E-state index in [9.17, 15) is 5.11 Å². The lowest BCUT2D eigenvalue weighted by molar-refractivity contribution is 0.0141. The van der Waals surface area contributed by atoms with E-state index in [1.807, 2.05) is 6.92 Å². The number of nitrogens with zero attached hydrogens (tertiary/aromatic N) is 2. The highest BCUT2D eigenvalue weighted by atomic mass is 16.5. The van der Waals surface area contributed by atoms with Gasteiger partial charge in [0.1, 0.15) is 0 Å². The van der Waals surface area contributed by atoms with Crippen molar-refractivity contribution < 1.29 is 9.84 Å². The SMILES string of the molecule is CCOC[C@H](O)CN1CCCN(Cc2ccccc2)C[C@H]1C. The third kappa shape index (κ3) is 5.69. The molecule has 1 aromatic rings. The van der Waals surface area contributed by atoms with Gasteiger partial charge in [-0.05, 0) is 38.9 Å². The molecule has 1 N–H and O–H groups in total. The van der Waals surface area contributed by atoms with Gasteiger partial charge in [-0.3, -0.25) is 9.80 Å². The van der Waals surface area contributed by atoms with Crippen LogP contribution in [0, 0.1) is 0 Å². The van der Waals surface area contributed by atoms with Crippen molar-refractivity contribution in [2.45, 2.75) is 39.0 Å². The smallest absolute Gasteiger partial charge is 0.0900 e. The van der Waals surface area contributed by atoms with Crippen molar-refractivity contribution in [2.75, 3.05) is 39.4 Å². The van der Waals surface area contributed by atoms with Crippen LogP contribution < -0.4 is 0 Å². The molecule has 0 radical (unpaired) electrons. The molecule has 4 heteroatoms. The minimum Gasteiger partial charge on any atom is -0.389 e. The Hall–Kier alpha value is -0.940. The quantitative estimate of drug-likeness (QED) is 0.835. The maximum Gasteiger partial charge on any atom is 0.0900 e. The van der Waals surface area contributed by atoms with Gasteiger partial charge >= 0.3 is 0 Å². The second kappa shape index (κ2) is 9.26. The molecule has 22 heavy (non-hydrogen) atoms. The van der Waals surface area contributed by atoms with Crippen molar-refractivity contribution in [1.29, 1.82) is 0 Å². The molecule has 0 amide bonds. The Labute approximate surface area is 134 Å². The lowest BCUT2D eigenvalue weighted by atomic mass is 10.2. The second-order valence-corrected chi connectivity index (χ2v) is 6.23. The third-order valence-corrected chi connectivity index (χ3v) is 4.27. The number of hydrogen-bond donors (Lipinski definition) is 1. The van der Waals surface area contributed by atoms with Crippen LogP contribution in [0.3, 0.4) is 0 Å². The van der Waals surface area contributed by atoms with E-state index in [4.69, 9.17) is 4.74 Å². The van der Waals surface area contributed by atoms with Gasteiger partial charge in [0, 0.05) is 32.3 Å². The fourth-order valence-corrected chi connectivity index (χ4v) is 3.13. The summed E-state index contributed by atoms with van der Waals surface area (Å²) < 4.78 is 5.32. The first-order chi connectivity index (χ1) is 10.7. The van der Waals surface area contributed by atoms with Gasteiger partial charge in [-0.1, -0.05) is 30.3 Å². The maximum absolute atomic E-state index is 10.1. The van der Waals surface area contributed by atoms with E-state index < -0.39 is 0 Å². The number of ether oxygens (including phenoxy) is 1. The van der Waals surface area contributed by atoms with E-state index >= 15 is 0 Å². The van der Waals surface area contributed by atoms with Gasteiger partial charge in [-0.2, -0.15) is 0 Å². The van der Waals surface area contributed by atoms with Crippen molar-refractivity contribution >= 4 is 0 Å². The van der Waals surface area contributed by atoms with Crippen molar-refractivity contribution in [3.05, 3.63) is 35.9 Å². The summed E-state index contributed by atoms with van der Waals surface area (Å²) in [5, 5.41) is 10.1. The summed E-state index contributed by atoms with van der Waals surface area (Å²) in [5.74, 6) is 0. The molecule has 1 aromatic carbocycles. The number of hydrogen-bond acceptors (Lipinski definition) is 4. The summed E-state index contributed by atoms with van der Waals surface area (Å²) in [5.41, 5.74) is 1.37. The number of aliphatic hydroxyl groups excluding tert-OH is 1. The zero-order valence-electron chi connectivity index (χ0n) is 13.9. The van der Waals surface area contributed by atoms with Crippen LogP contribution in [0.2, 0.25) is 0 Å².